The first-order chi connectivity index (χ1) is 8.57. The van der Waals surface area contributed by atoms with Crippen molar-refractivity contribution in [3.05, 3.63) is 0 Å². The van der Waals surface area contributed by atoms with Crippen LogP contribution < -0.4 is 10.6 Å². The first-order valence-corrected chi connectivity index (χ1v) is 7.34. The lowest BCUT2D eigenvalue weighted by Crippen LogP contribution is -2.48. The Hall–Kier alpha value is -0.770. The Labute approximate surface area is 110 Å². The van der Waals surface area contributed by atoms with Crippen molar-refractivity contribution in [2.75, 3.05) is 6.54 Å². The molecule has 0 radical (unpaired) electrons. The quantitative estimate of drug-likeness (QED) is 0.723. The summed E-state index contributed by atoms with van der Waals surface area (Å²) in [6.07, 6.45) is 8.34. The van der Waals surface area contributed by atoms with Crippen LogP contribution in [0.25, 0.3) is 0 Å². The van der Waals surface area contributed by atoms with Gasteiger partial charge < -0.3 is 15.7 Å². The molecule has 0 atom stereocenters. The highest BCUT2D eigenvalue weighted by atomic mass is 16.3. The van der Waals surface area contributed by atoms with Crippen LogP contribution in [0.1, 0.15) is 58.3 Å². The van der Waals surface area contributed by atoms with Gasteiger partial charge in [-0.15, -0.1) is 0 Å². The fourth-order valence-electron chi connectivity index (χ4n) is 3.10. The second-order valence-electron chi connectivity index (χ2n) is 6.22. The zero-order valence-electron chi connectivity index (χ0n) is 11.4. The SMILES string of the molecule is CC1CCC(NC(=O)NCC2(O)CCCC2)CC1. The second kappa shape index (κ2) is 5.91. The van der Waals surface area contributed by atoms with Gasteiger partial charge in [0.15, 0.2) is 0 Å². The molecule has 2 fully saturated rings. The summed E-state index contributed by atoms with van der Waals surface area (Å²) >= 11 is 0. The third kappa shape index (κ3) is 3.87. The highest BCUT2D eigenvalue weighted by molar-refractivity contribution is 5.74. The molecule has 2 aliphatic carbocycles. The van der Waals surface area contributed by atoms with Crippen molar-refractivity contribution in [1.82, 2.24) is 10.6 Å². The van der Waals surface area contributed by atoms with E-state index in [0.717, 1.165) is 44.4 Å². The number of amides is 2. The average Bonchev–Trinajstić information content (AvgIpc) is 2.78. The van der Waals surface area contributed by atoms with E-state index in [-0.39, 0.29) is 6.03 Å². The average molecular weight is 254 g/mol. The first-order valence-electron chi connectivity index (χ1n) is 7.34. The van der Waals surface area contributed by atoms with Gasteiger partial charge in [0.1, 0.15) is 0 Å². The predicted octanol–water partition coefficient (Wildman–Crippen LogP) is 2.17. The molecule has 0 spiro atoms. The van der Waals surface area contributed by atoms with E-state index in [1.165, 1.54) is 12.8 Å². The molecule has 4 nitrogen and oxygen atoms in total. The summed E-state index contributed by atoms with van der Waals surface area (Å²) in [5.74, 6) is 0.797. The summed E-state index contributed by atoms with van der Waals surface area (Å²) in [7, 11) is 0. The van der Waals surface area contributed by atoms with E-state index in [0.29, 0.717) is 12.6 Å². The number of aliphatic hydroxyl groups is 1. The topological polar surface area (TPSA) is 61.4 Å². The van der Waals surface area contributed by atoms with Crippen molar-refractivity contribution in [3.8, 4) is 0 Å². The van der Waals surface area contributed by atoms with Crippen molar-refractivity contribution < 1.29 is 9.90 Å². The maximum atomic E-state index is 11.8. The highest BCUT2D eigenvalue weighted by Crippen LogP contribution is 2.28. The van der Waals surface area contributed by atoms with E-state index in [1.54, 1.807) is 0 Å². The minimum absolute atomic E-state index is 0.116. The summed E-state index contributed by atoms with van der Waals surface area (Å²) in [6, 6.07) is 0.203. The maximum absolute atomic E-state index is 11.8. The number of nitrogens with one attached hydrogen (secondary N) is 2. The fraction of sp³-hybridized carbons (Fsp3) is 0.929. The molecule has 0 unspecified atom stereocenters. The summed E-state index contributed by atoms with van der Waals surface area (Å²) < 4.78 is 0. The molecule has 0 aromatic rings. The molecule has 0 aromatic carbocycles. The van der Waals surface area contributed by atoms with Gasteiger partial charge in [-0.25, -0.2) is 4.79 Å². The molecule has 18 heavy (non-hydrogen) atoms. The van der Waals surface area contributed by atoms with Gasteiger partial charge in [0.25, 0.3) is 0 Å². The summed E-state index contributed by atoms with van der Waals surface area (Å²) in [4.78, 5) is 11.8. The summed E-state index contributed by atoms with van der Waals surface area (Å²) in [6.45, 7) is 2.66. The molecular formula is C14H26N2O2. The number of carbonyl (C=O) groups is 1. The molecular weight excluding hydrogens is 228 g/mol. The standard InChI is InChI=1S/C14H26N2O2/c1-11-4-6-12(7-5-11)16-13(17)15-10-14(18)8-2-3-9-14/h11-12,18H,2-10H2,1H3,(H2,15,16,17). The van der Waals surface area contributed by atoms with Gasteiger partial charge in [-0.1, -0.05) is 19.8 Å². The van der Waals surface area contributed by atoms with Crippen molar-refractivity contribution in [2.45, 2.75) is 69.9 Å². The number of hydrogen-bond acceptors (Lipinski definition) is 2. The van der Waals surface area contributed by atoms with Crippen LogP contribution in [-0.2, 0) is 0 Å². The Bertz CT molecular complexity index is 280. The maximum Gasteiger partial charge on any atom is 0.315 e. The van der Waals surface area contributed by atoms with Crippen LogP contribution in [0.5, 0.6) is 0 Å². The minimum Gasteiger partial charge on any atom is -0.388 e. The third-order valence-electron chi connectivity index (χ3n) is 4.46. The van der Waals surface area contributed by atoms with Crippen LogP contribution in [-0.4, -0.2) is 29.3 Å². The molecule has 104 valence electrons. The van der Waals surface area contributed by atoms with Crippen LogP contribution in [0.2, 0.25) is 0 Å². The molecule has 0 heterocycles. The monoisotopic (exact) mass is 254 g/mol. The molecule has 0 saturated heterocycles. The Morgan fingerprint density at radius 2 is 1.83 bits per heavy atom. The van der Waals surface area contributed by atoms with Crippen LogP contribution in [0.15, 0.2) is 0 Å². The van der Waals surface area contributed by atoms with Crippen LogP contribution in [0, 0.1) is 5.92 Å². The van der Waals surface area contributed by atoms with E-state index in [2.05, 4.69) is 17.6 Å². The molecule has 3 N–H and O–H groups in total. The largest absolute Gasteiger partial charge is 0.388 e. The fourth-order valence-corrected chi connectivity index (χ4v) is 3.10. The van der Waals surface area contributed by atoms with E-state index in [1.807, 2.05) is 0 Å². The van der Waals surface area contributed by atoms with Gasteiger partial charge in [-0.2, -0.15) is 0 Å². The van der Waals surface area contributed by atoms with Gasteiger partial charge in [0, 0.05) is 12.6 Å². The lowest BCUT2D eigenvalue weighted by molar-refractivity contribution is 0.0499. The Morgan fingerprint density at radius 3 is 2.44 bits per heavy atom. The van der Waals surface area contributed by atoms with Gasteiger partial charge in [-0.3, -0.25) is 0 Å². The molecule has 2 rings (SSSR count). The zero-order valence-corrected chi connectivity index (χ0v) is 11.4. The van der Waals surface area contributed by atoms with Gasteiger partial charge >= 0.3 is 6.03 Å². The molecule has 2 saturated carbocycles. The van der Waals surface area contributed by atoms with Crippen molar-refractivity contribution in [2.24, 2.45) is 5.92 Å². The zero-order chi connectivity index (χ0) is 13.0. The first kappa shape index (κ1) is 13.7. The Kier molecular flexibility index (Phi) is 4.49. The van der Waals surface area contributed by atoms with Crippen molar-refractivity contribution >= 4 is 6.03 Å². The molecule has 0 aromatic heterocycles. The van der Waals surface area contributed by atoms with E-state index < -0.39 is 5.60 Å². The van der Waals surface area contributed by atoms with Crippen LogP contribution in [0.4, 0.5) is 4.79 Å². The van der Waals surface area contributed by atoms with Crippen molar-refractivity contribution in [3.63, 3.8) is 0 Å². The third-order valence-corrected chi connectivity index (χ3v) is 4.46. The highest BCUT2D eigenvalue weighted by Gasteiger charge is 2.31. The van der Waals surface area contributed by atoms with Crippen LogP contribution in [0.3, 0.4) is 0 Å². The number of carbonyl (C=O) groups excluding carboxylic acids is 1. The lowest BCUT2D eigenvalue weighted by Gasteiger charge is -2.28. The van der Waals surface area contributed by atoms with E-state index >= 15 is 0 Å². The number of rotatable bonds is 3. The second-order valence-corrected chi connectivity index (χ2v) is 6.22. The van der Waals surface area contributed by atoms with Gasteiger partial charge in [0.05, 0.1) is 5.60 Å². The molecule has 4 heteroatoms. The van der Waals surface area contributed by atoms with E-state index in [9.17, 15) is 9.90 Å². The normalized spacial score (nSPS) is 31.0. The van der Waals surface area contributed by atoms with Crippen molar-refractivity contribution in [1.29, 1.82) is 0 Å². The summed E-state index contributed by atoms with van der Waals surface area (Å²) in [5, 5.41) is 16.0. The molecule has 2 amide bonds. The van der Waals surface area contributed by atoms with Crippen LogP contribution >= 0.6 is 0 Å². The molecule has 2 aliphatic rings. The molecule has 0 bridgehead atoms. The number of urea groups is 1. The molecule has 0 aliphatic heterocycles. The summed E-state index contributed by atoms with van der Waals surface area (Å²) in [5.41, 5.74) is -0.654. The smallest absolute Gasteiger partial charge is 0.315 e. The lowest BCUT2D eigenvalue weighted by atomic mass is 9.87. The number of hydrogen-bond donors (Lipinski definition) is 3. The minimum atomic E-state index is -0.654. The van der Waals surface area contributed by atoms with Gasteiger partial charge in [0.2, 0.25) is 0 Å². The Balaban J connectivity index is 1.66. The predicted molar refractivity (Wildman–Crippen MR) is 71.4 cm³/mol. The van der Waals surface area contributed by atoms with E-state index in [4.69, 9.17) is 0 Å². The Morgan fingerprint density at radius 1 is 1.22 bits per heavy atom. The van der Waals surface area contributed by atoms with Gasteiger partial charge in [-0.05, 0) is 44.4 Å².